The lowest BCUT2D eigenvalue weighted by atomic mass is 10.4. The zero-order chi connectivity index (χ0) is 8.27. The molecule has 64 valence electrons. The molecule has 0 bridgehead atoms. The molecule has 0 aromatic heterocycles. The standard InChI is InChI=1S/C7H12BrNOS/c1-6-5-9(2-3-11-6)7(10)4-8/h6H,2-5H2,1H3. The molecule has 4 heteroatoms. The van der Waals surface area contributed by atoms with Gasteiger partial charge in [-0.05, 0) is 0 Å². The molecule has 1 saturated heterocycles. The third kappa shape index (κ3) is 2.67. The molecule has 11 heavy (non-hydrogen) atoms. The Labute approximate surface area is 79.8 Å². The van der Waals surface area contributed by atoms with Crippen LogP contribution in [0.5, 0.6) is 0 Å². The summed E-state index contributed by atoms with van der Waals surface area (Å²) in [7, 11) is 0. The lowest BCUT2D eigenvalue weighted by Crippen LogP contribution is -2.41. The van der Waals surface area contributed by atoms with E-state index >= 15 is 0 Å². The quantitative estimate of drug-likeness (QED) is 0.642. The molecule has 1 aliphatic rings. The Balaban J connectivity index is 2.39. The molecule has 1 atom stereocenters. The molecular formula is C7H12BrNOS. The van der Waals surface area contributed by atoms with E-state index in [9.17, 15) is 4.79 Å². The largest absolute Gasteiger partial charge is 0.340 e. The molecule has 0 aromatic rings. The maximum absolute atomic E-state index is 11.2. The first kappa shape index (κ1) is 9.39. The van der Waals surface area contributed by atoms with Crippen molar-refractivity contribution in [3.05, 3.63) is 0 Å². The van der Waals surface area contributed by atoms with Crippen molar-refractivity contribution >= 4 is 33.6 Å². The second-order valence-electron chi connectivity index (χ2n) is 2.65. The highest BCUT2D eigenvalue weighted by atomic mass is 79.9. The SMILES string of the molecule is CC1CN(C(=O)CBr)CCS1. The molecule has 0 spiro atoms. The molecule has 0 N–H and O–H groups in total. The van der Waals surface area contributed by atoms with Crippen LogP contribution >= 0.6 is 27.7 Å². The molecule has 1 amide bonds. The highest BCUT2D eigenvalue weighted by Gasteiger charge is 2.19. The zero-order valence-electron chi connectivity index (χ0n) is 6.55. The van der Waals surface area contributed by atoms with Crippen LogP contribution in [0.15, 0.2) is 0 Å². The summed E-state index contributed by atoms with van der Waals surface area (Å²) in [6, 6.07) is 0. The average Bonchev–Trinajstić information content (AvgIpc) is 2.03. The summed E-state index contributed by atoms with van der Waals surface area (Å²) in [5.41, 5.74) is 0. The lowest BCUT2D eigenvalue weighted by molar-refractivity contribution is -0.128. The van der Waals surface area contributed by atoms with Gasteiger partial charge in [-0.15, -0.1) is 0 Å². The van der Waals surface area contributed by atoms with Crippen molar-refractivity contribution in [2.75, 3.05) is 24.2 Å². The van der Waals surface area contributed by atoms with Crippen molar-refractivity contribution in [2.45, 2.75) is 12.2 Å². The van der Waals surface area contributed by atoms with Gasteiger partial charge >= 0.3 is 0 Å². The normalized spacial score (nSPS) is 25.3. The van der Waals surface area contributed by atoms with E-state index in [0.29, 0.717) is 10.6 Å². The van der Waals surface area contributed by atoms with Gasteiger partial charge < -0.3 is 4.90 Å². The van der Waals surface area contributed by atoms with Crippen molar-refractivity contribution in [1.29, 1.82) is 0 Å². The van der Waals surface area contributed by atoms with Gasteiger partial charge in [0, 0.05) is 24.1 Å². The lowest BCUT2D eigenvalue weighted by Gasteiger charge is -2.30. The Morgan fingerprint density at radius 3 is 3.09 bits per heavy atom. The van der Waals surface area contributed by atoms with Crippen LogP contribution < -0.4 is 0 Å². The maximum atomic E-state index is 11.2. The number of rotatable bonds is 1. The number of hydrogen-bond donors (Lipinski definition) is 0. The van der Waals surface area contributed by atoms with Gasteiger partial charge in [0.25, 0.3) is 0 Å². The minimum absolute atomic E-state index is 0.220. The van der Waals surface area contributed by atoms with Crippen LogP contribution in [0.3, 0.4) is 0 Å². The molecule has 1 heterocycles. The summed E-state index contributed by atoms with van der Waals surface area (Å²) in [6.07, 6.45) is 0. The second-order valence-corrected chi connectivity index (χ2v) is 4.76. The van der Waals surface area contributed by atoms with E-state index in [-0.39, 0.29) is 5.91 Å². The van der Waals surface area contributed by atoms with Crippen molar-refractivity contribution < 1.29 is 4.79 Å². The van der Waals surface area contributed by atoms with Crippen LogP contribution in [0.4, 0.5) is 0 Å². The summed E-state index contributed by atoms with van der Waals surface area (Å²) in [5.74, 6) is 1.30. The third-order valence-electron chi connectivity index (χ3n) is 1.71. The molecule has 0 saturated carbocycles. The number of nitrogens with zero attached hydrogens (tertiary/aromatic N) is 1. The van der Waals surface area contributed by atoms with Crippen LogP contribution in [-0.2, 0) is 4.79 Å². The summed E-state index contributed by atoms with van der Waals surface area (Å²) in [6.45, 7) is 3.99. The van der Waals surface area contributed by atoms with Crippen LogP contribution in [0.25, 0.3) is 0 Å². The van der Waals surface area contributed by atoms with Gasteiger partial charge in [-0.3, -0.25) is 4.79 Å². The molecule has 0 radical (unpaired) electrons. The fourth-order valence-corrected chi connectivity index (χ4v) is 2.50. The number of alkyl halides is 1. The van der Waals surface area contributed by atoms with E-state index in [1.165, 1.54) is 0 Å². The van der Waals surface area contributed by atoms with Crippen molar-refractivity contribution in [1.82, 2.24) is 4.90 Å². The van der Waals surface area contributed by atoms with Gasteiger partial charge in [0.1, 0.15) is 0 Å². The first-order chi connectivity index (χ1) is 5.24. The first-order valence-electron chi connectivity index (χ1n) is 3.69. The summed E-state index contributed by atoms with van der Waals surface area (Å²) >= 11 is 5.11. The Morgan fingerprint density at radius 2 is 2.55 bits per heavy atom. The number of thioether (sulfide) groups is 1. The van der Waals surface area contributed by atoms with E-state index in [1.807, 2.05) is 16.7 Å². The van der Waals surface area contributed by atoms with Gasteiger partial charge in [-0.25, -0.2) is 0 Å². The highest BCUT2D eigenvalue weighted by Crippen LogP contribution is 2.17. The van der Waals surface area contributed by atoms with Crippen LogP contribution in [0.1, 0.15) is 6.92 Å². The van der Waals surface area contributed by atoms with Gasteiger partial charge in [0.2, 0.25) is 5.91 Å². The molecule has 1 aliphatic heterocycles. The number of amides is 1. The Bertz CT molecular complexity index is 153. The first-order valence-corrected chi connectivity index (χ1v) is 5.86. The predicted molar refractivity (Wildman–Crippen MR) is 52.3 cm³/mol. The van der Waals surface area contributed by atoms with Gasteiger partial charge in [0.05, 0.1) is 5.33 Å². The zero-order valence-corrected chi connectivity index (χ0v) is 8.95. The van der Waals surface area contributed by atoms with Gasteiger partial charge in [-0.1, -0.05) is 22.9 Å². The fraction of sp³-hybridized carbons (Fsp3) is 0.857. The summed E-state index contributed by atoms with van der Waals surface area (Å²) in [4.78, 5) is 13.1. The van der Waals surface area contributed by atoms with Gasteiger partial charge in [-0.2, -0.15) is 11.8 Å². The Morgan fingerprint density at radius 1 is 1.82 bits per heavy atom. The molecule has 1 rings (SSSR count). The molecular weight excluding hydrogens is 226 g/mol. The van der Waals surface area contributed by atoms with E-state index in [4.69, 9.17) is 0 Å². The molecule has 0 aliphatic carbocycles. The van der Waals surface area contributed by atoms with Crippen molar-refractivity contribution in [3.63, 3.8) is 0 Å². The average molecular weight is 238 g/mol. The molecule has 0 aromatic carbocycles. The van der Waals surface area contributed by atoms with E-state index in [2.05, 4.69) is 22.9 Å². The fourth-order valence-electron chi connectivity index (χ4n) is 1.13. The Kier molecular flexibility index (Phi) is 3.72. The predicted octanol–water partition coefficient (Wildman–Crippen LogP) is 1.35. The number of carbonyl (C=O) groups is 1. The van der Waals surface area contributed by atoms with Crippen molar-refractivity contribution in [2.24, 2.45) is 0 Å². The van der Waals surface area contributed by atoms with E-state index in [0.717, 1.165) is 18.8 Å². The number of carbonyl (C=O) groups excluding carboxylic acids is 1. The molecule has 2 nitrogen and oxygen atoms in total. The molecule has 1 fully saturated rings. The Hall–Kier alpha value is 0.300. The van der Waals surface area contributed by atoms with E-state index in [1.54, 1.807) is 0 Å². The number of halogens is 1. The topological polar surface area (TPSA) is 20.3 Å². The second kappa shape index (κ2) is 4.36. The maximum Gasteiger partial charge on any atom is 0.233 e. The smallest absolute Gasteiger partial charge is 0.233 e. The molecule has 1 unspecified atom stereocenters. The van der Waals surface area contributed by atoms with E-state index < -0.39 is 0 Å². The van der Waals surface area contributed by atoms with Crippen LogP contribution in [-0.4, -0.2) is 40.2 Å². The van der Waals surface area contributed by atoms with Crippen molar-refractivity contribution in [3.8, 4) is 0 Å². The summed E-state index contributed by atoms with van der Waals surface area (Å²) in [5, 5.41) is 1.07. The van der Waals surface area contributed by atoms with Crippen LogP contribution in [0, 0.1) is 0 Å². The minimum atomic E-state index is 0.220. The minimum Gasteiger partial charge on any atom is -0.340 e. The number of hydrogen-bond acceptors (Lipinski definition) is 2. The monoisotopic (exact) mass is 237 g/mol. The summed E-state index contributed by atoms with van der Waals surface area (Å²) < 4.78 is 0. The highest BCUT2D eigenvalue weighted by molar-refractivity contribution is 9.09. The van der Waals surface area contributed by atoms with Gasteiger partial charge in [0.15, 0.2) is 0 Å². The third-order valence-corrected chi connectivity index (χ3v) is 3.32. The van der Waals surface area contributed by atoms with Crippen LogP contribution in [0.2, 0.25) is 0 Å².